The largest absolute Gasteiger partial charge is 0.354 e. The lowest BCUT2D eigenvalue weighted by molar-refractivity contribution is -0.122. The van der Waals surface area contributed by atoms with Crippen LogP contribution >= 0.6 is 0 Å². The molecular formula is C10H18N2O2. The summed E-state index contributed by atoms with van der Waals surface area (Å²) < 4.78 is 0. The fourth-order valence-electron chi connectivity index (χ4n) is 1.51. The van der Waals surface area contributed by atoms with Gasteiger partial charge in [-0.1, -0.05) is 13.8 Å². The van der Waals surface area contributed by atoms with E-state index in [1.165, 1.54) is 0 Å². The van der Waals surface area contributed by atoms with Gasteiger partial charge in [-0.2, -0.15) is 0 Å². The minimum Gasteiger partial charge on any atom is -0.354 e. The van der Waals surface area contributed by atoms with Crippen molar-refractivity contribution in [1.82, 2.24) is 10.6 Å². The van der Waals surface area contributed by atoms with E-state index < -0.39 is 0 Å². The van der Waals surface area contributed by atoms with Gasteiger partial charge in [0, 0.05) is 25.4 Å². The molecule has 2 amide bonds. The molecule has 0 radical (unpaired) electrons. The molecular weight excluding hydrogens is 180 g/mol. The molecule has 0 bridgehead atoms. The van der Waals surface area contributed by atoms with Crippen molar-refractivity contribution in [2.24, 2.45) is 5.92 Å². The molecule has 4 heteroatoms. The monoisotopic (exact) mass is 198 g/mol. The van der Waals surface area contributed by atoms with E-state index in [0.29, 0.717) is 25.3 Å². The molecule has 2 N–H and O–H groups in total. The molecule has 1 rings (SSSR count). The van der Waals surface area contributed by atoms with E-state index >= 15 is 0 Å². The van der Waals surface area contributed by atoms with Crippen LogP contribution in [0, 0.1) is 5.92 Å². The Labute approximate surface area is 84.4 Å². The van der Waals surface area contributed by atoms with Crippen LogP contribution in [0.2, 0.25) is 0 Å². The smallest absolute Gasteiger partial charge is 0.220 e. The van der Waals surface area contributed by atoms with E-state index in [1.807, 2.05) is 13.8 Å². The number of nitrogens with one attached hydrogen (secondary N) is 2. The van der Waals surface area contributed by atoms with Gasteiger partial charge in [-0.05, 0) is 12.3 Å². The van der Waals surface area contributed by atoms with Gasteiger partial charge in [0.15, 0.2) is 0 Å². The van der Waals surface area contributed by atoms with Crippen molar-refractivity contribution < 1.29 is 9.59 Å². The van der Waals surface area contributed by atoms with Gasteiger partial charge in [-0.3, -0.25) is 9.59 Å². The average Bonchev–Trinajstić information content (AvgIpc) is 2.47. The van der Waals surface area contributed by atoms with Crippen LogP contribution in [0.15, 0.2) is 0 Å². The van der Waals surface area contributed by atoms with E-state index in [1.54, 1.807) is 0 Å². The summed E-state index contributed by atoms with van der Waals surface area (Å²) in [5.41, 5.74) is 0. The quantitative estimate of drug-likeness (QED) is 0.688. The van der Waals surface area contributed by atoms with E-state index in [9.17, 15) is 9.59 Å². The summed E-state index contributed by atoms with van der Waals surface area (Å²) in [6.45, 7) is 4.59. The lowest BCUT2D eigenvalue weighted by Crippen LogP contribution is -2.38. The van der Waals surface area contributed by atoms with Gasteiger partial charge >= 0.3 is 0 Å². The molecule has 0 saturated carbocycles. The van der Waals surface area contributed by atoms with Crippen LogP contribution in [0.4, 0.5) is 0 Å². The first-order valence-corrected chi connectivity index (χ1v) is 5.14. The fourth-order valence-corrected chi connectivity index (χ4v) is 1.51. The second-order valence-corrected chi connectivity index (χ2v) is 4.21. The standard InChI is InChI=1S/C10H18N2O2/c1-7(2)5-10(14)11-6-8-3-4-9(13)12-8/h7-8H,3-6H2,1-2H3,(H,11,14)(H,12,13). The molecule has 1 fully saturated rings. The first-order chi connectivity index (χ1) is 6.58. The molecule has 0 aromatic rings. The molecule has 0 aliphatic carbocycles. The summed E-state index contributed by atoms with van der Waals surface area (Å²) >= 11 is 0. The molecule has 1 unspecified atom stereocenters. The Kier molecular flexibility index (Phi) is 3.92. The number of carbonyl (C=O) groups excluding carboxylic acids is 2. The Morgan fingerprint density at radius 2 is 2.36 bits per heavy atom. The lowest BCUT2D eigenvalue weighted by atomic mass is 10.1. The molecule has 1 atom stereocenters. The molecule has 80 valence electrons. The number of amides is 2. The molecule has 1 heterocycles. The number of hydrogen-bond donors (Lipinski definition) is 2. The molecule has 14 heavy (non-hydrogen) atoms. The molecule has 1 aliphatic heterocycles. The number of rotatable bonds is 4. The Balaban J connectivity index is 2.14. The van der Waals surface area contributed by atoms with Gasteiger partial charge in [0.1, 0.15) is 0 Å². The van der Waals surface area contributed by atoms with Crippen molar-refractivity contribution in [3.63, 3.8) is 0 Å². The van der Waals surface area contributed by atoms with Crippen LogP contribution in [0.1, 0.15) is 33.1 Å². The van der Waals surface area contributed by atoms with E-state index in [-0.39, 0.29) is 17.9 Å². The predicted octanol–water partition coefficient (Wildman–Crippen LogP) is 0.427. The average molecular weight is 198 g/mol. The highest BCUT2D eigenvalue weighted by atomic mass is 16.2. The van der Waals surface area contributed by atoms with Gasteiger partial charge in [0.05, 0.1) is 0 Å². The summed E-state index contributed by atoms with van der Waals surface area (Å²) in [5, 5.41) is 5.63. The minimum atomic E-state index is 0.0705. The molecule has 0 spiro atoms. The first kappa shape index (κ1) is 11.0. The molecule has 1 aliphatic rings. The second kappa shape index (κ2) is 4.98. The molecule has 0 aromatic carbocycles. The Hall–Kier alpha value is -1.06. The maximum Gasteiger partial charge on any atom is 0.220 e. The van der Waals surface area contributed by atoms with Gasteiger partial charge in [0.2, 0.25) is 11.8 Å². The third-order valence-electron chi connectivity index (χ3n) is 2.22. The van der Waals surface area contributed by atoms with Crippen LogP contribution in [0.25, 0.3) is 0 Å². The van der Waals surface area contributed by atoms with E-state index in [4.69, 9.17) is 0 Å². The molecule has 1 saturated heterocycles. The Morgan fingerprint density at radius 1 is 1.64 bits per heavy atom. The van der Waals surface area contributed by atoms with Crippen LogP contribution in [0.3, 0.4) is 0 Å². The highest BCUT2D eigenvalue weighted by Gasteiger charge is 2.20. The second-order valence-electron chi connectivity index (χ2n) is 4.21. The maximum absolute atomic E-state index is 11.3. The van der Waals surface area contributed by atoms with E-state index in [2.05, 4.69) is 10.6 Å². The Morgan fingerprint density at radius 3 is 2.86 bits per heavy atom. The Bertz CT molecular complexity index is 226. The van der Waals surface area contributed by atoms with Crippen LogP contribution < -0.4 is 10.6 Å². The number of carbonyl (C=O) groups is 2. The maximum atomic E-state index is 11.3. The van der Waals surface area contributed by atoms with Crippen LogP contribution in [-0.4, -0.2) is 24.4 Å². The van der Waals surface area contributed by atoms with Crippen molar-refractivity contribution in [1.29, 1.82) is 0 Å². The van der Waals surface area contributed by atoms with Crippen LogP contribution in [-0.2, 0) is 9.59 Å². The van der Waals surface area contributed by atoms with Crippen molar-refractivity contribution in [3.8, 4) is 0 Å². The highest BCUT2D eigenvalue weighted by Crippen LogP contribution is 2.05. The SMILES string of the molecule is CC(C)CC(=O)NCC1CCC(=O)N1. The molecule has 0 aromatic heterocycles. The van der Waals surface area contributed by atoms with Gasteiger partial charge in [0.25, 0.3) is 0 Å². The van der Waals surface area contributed by atoms with Crippen LogP contribution in [0.5, 0.6) is 0 Å². The zero-order valence-electron chi connectivity index (χ0n) is 8.80. The molecule has 4 nitrogen and oxygen atoms in total. The number of hydrogen-bond acceptors (Lipinski definition) is 2. The highest BCUT2D eigenvalue weighted by molar-refractivity contribution is 5.79. The summed E-state index contributed by atoms with van der Waals surface area (Å²) in [4.78, 5) is 22.1. The topological polar surface area (TPSA) is 58.2 Å². The third kappa shape index (κ3) is 3.77. The fraction of sp³-hybridized carbons (Fsp3) is 0.800. The minimum absolute atomic E-state index is 0.0705. The summed E-state index contributed by atoms with van der Waals surface area (Å²) in [5.74, 6) is 0.544. The predicted molar refractivity (Wildman–Crippen MR) is 53.6 cm³/mol. The van der Waals surface area contributed by atoms with E-state index in [0.717, 1.165) is 6.42 Å². The van der Waals surface area contributed by atoms with Gasteiger partial charge in [-0.25, -0.2) is 0 Å². The van der Waals surface area contributed by atoms with Crippen molar-refractivity contribution >= 4 is 11.8 Å². The van der Waals surface area contributed by atoms with Gasteiger partial charge < -0.3 is 10.6 Å². The summed E-state index contributed by atoms with van der Waals surface area (Å²) in [6.07, 6.45) is 1.98. The summed E-state index contributed by atoms with van der Waals surface area (Å²) in [6, 6.07) is 0.138. The van der Waals surface area contributed by atoms with Crippen molar-refractivity contribution in [2.75, 3.05) is 6.54 Å². The third-order valence-corrected chi connectivity index (χ3v) is 2.22. The first-order valence-electron chi connectivity index (χ1n) is 5.14. The zero-order valence-corrected chi connectivity index (χ0v) is 8.80. The zero-order chi connectivity index (χ0) is 10.6. The lowest BCUT2D eigenvalue weighted by Gasteiger charge is -2.11. The van der Waals surface area contributed by atoms with Gasteiger partial charge in [-0.15, -0.1) is 0 Å². The van der Waals surface area contributed by atoms with Crippen molar-refractivity contribution in [3.05, 3.63) is 0 Å². The van der Waals surface area contributed by atoms with Crippen molar-refractivity contribution in [2.45, 2.75) is 39.2 Å². The normalized spacial score (nSPS) is 21.1. The summed E-state index contributed by atoms with van der Waals surface area (Å²) in [7, 11) is 0.